The van der Waals surface area contributed by atoms with E-state index >= 15 is 0 Å². The summed E-state index contributed by atoms with van der Waals surface area (Å²) in [4.78, 5) is 7.31. The standard InChI is InChI=1S/C22H36N4O.HI/c1-3-23-22(25-15-21-7-5-13-27-21)24-14-19-8-10-20(11-9-19)17-26-12-4-6-18(2)16-26;/h8-11,18,21H,3-7,12-17H2,1-2H3,(H2,23,24,25);1H. The summed E-state index contributed by atoms with van der Waals surface area (Å²) in [7, 11) is 0. The first kappa shape index (κ1) is 23.4. The number of hydrogen-bond donors (Lipinski definition) is 2. The van der Waals surface area contributed by atoms with Crippen molar-refractivity contribution in [2.24, 2.45) is 10.9 Å². The van der Waals surface area contributed by atoms with Crippen LogP contribution in [-0.4, -0.2) is 49.7 Å². The minimum absolute atomic E-state index is 0. The number of hydrogen-bond acceptors (Lipinski definition) is 3. The van der Waals surface area contributed by atoms with Crippen LogP contribution in [0, 0.1) is 5.92 Å². The van der Waals surface area contributed by atoms with E-state index in [0.717, 1.165) is 44.5 Å². The fourth-order valence-corrected chi connectivity index (χ4v) is 3.97. The zero-order chi connectivity index (χ0) is 18.9. The predicted molar refractivity (Wildman–Crippen MR) is 127 cm³/mol. The summed E-state index contributed by atoms with van der Waals surface area (Å²) < 4.78 is 5.68. The van der Waals surface area contributed by atoms with Crippen LogP contribution in [0.4, 0.5) is 0 Å². The molecule has 2 aliphatic heterocycles. The van der Waals surface area contributed by atoms with Gasteiger partial charge in [0.1, 0.15) is 0 Å². The molecule has 0 saturated carbocycles. The molecule has 28 heavy (non-hydrogen) atoms. The van der Waals surface area contributed by atoms with Gasteiger partial charge in [-0.2, -0.15) is 0 Å². The molecule has 2 atom stereocenters. The van der Waals surface area contributed by atoms with Gasteiger partial charge in [0.2, 0.25) is 0 Å². The van der Waals surface area contributed by atoms with Gasteiger partial charge < -0.3 is 15.4 Å². The zero-order valence-corrected chi connectivity index (χ0v) is 19.8. The highest BCUT2D eigenvalue weighted by Gasteiger charge is 2.16. The van der Waals surface area contributed by atoms with Crippen molar-refractivity contribution in [2.75, 3.05) is 32.8 Å². The number of piperidine rings is 1. The Labute approximate surface area is 187 Å². The van der Waals surface area contributed by atoms with E-state index in [4.69, 9.17) is 9.73 Å². The number of nitrogens with one attached hydrogen (secondary N) is 2. The molecule has 2 unspecified atom stereocenters. The predicted octanol–water partition coefficient (Wildman–Crippen LogP) is 3.77. The lowest BCUT2D eigenvalue weighted by atomic mass is 9.99. The molecule has 2 aliphatic rings. The maximum absolute atomic E-state index is 5.68. The van der Waals surface area contributed by atoms with Crippen molar-refractivity contribution in [3.63, 3.8) is 0 Å². The number of rotatable bonds is 7. The van der Waals surface area contributed by atoms with E-state index in [1.165, 1.54) is 43.5 Å². The highest BCUT2D eigenvalue weighted by molar-refractivity contribution is 14.0. The van der Waals surface area contributed by atoms with Crippen molar-refractivity contribution in [1.82, 2.24) is 15.5 Å². The van der Waals surface area contributed by atoms with Gasteiger partial charge in [0.15, 0.2) is 5.96 Å². The van der Waals surface area contributed by atoms with E-state index in [9.17, 15) is 0 Å². The number of benzene rings is 1. The topological polar surface area (TPSA) is 48.9 Å². The molecule has 0 aromatic heterocycles. The monoisotopic (exact) mass is 500 g/mol. The smallest absolute Gasteiger partial charge is 0.191 e. The minimum atomic E-state index is 0. The first-order chi connectivity index (χ1) is 13.2. The average Bonchev–Trinajstić information content (AvgIpc) is 3.19. The third-order valence-corrected chi connectivity index (χ3v) is 5.46. The second kappa shape index (κ2) is 12.6. The molecule has 0 spiro atoms. The maximum Gasteiger partial charge on any atom is 0.191 e. The first-order valence-electron chi connectivity index (χ1n) is 10.7. The molecule has 0 amide bonds. The summed E-state index contributed by atoms with van der Waals surface area (Å²) in [6.07, 6.45) is 5.35. The Morgan fingerprint density at radius 2 is 1.93 bits per heavy atom. The van der Waals surface area contributed by atoms with Crippen LogP contribution in [0.2, 0.25) is 0 Å². The Hall–Kier alpha value is -0.860. The molecule has 0 radical (unpaired) electrons. The Balaban J connectivity index is 0.00000280. The number of aliphatic imine (C=N–C) groups is 1. The summed E-state index contributed by atoms with van der Waals surface area (Å²) in [5.74, 6) is 1.71. The van der Waals surface area contributed by atoms with Crippen molar-refractivity contribution >= 4 is 29.9 Å². The van der Waals surface area contributed by atoms with Crippen LogP contribution in [0.1, 0.15) is 50.7 Å². The molecule has 5 nitrogen and oxygen atoms in total. The largest absolute Gasteiger partial charge is 0.376 e. The van der Waals surface area contributed by atoms with Crippen molar-refractivity contribution in [2.45, 2.75) is 58.7 Å². The molecular formula is C22H37IN4O. The summed E-state index contributed by atoms with van der Waals surface area (Å²) >= 11 is 0. The first-order valence-corrected chi connectivity index (χ1v) is 10.7. The number of ether oxygens (including phenoxy) is 1. The van der Waals surface area contributed by atoms with Gasteiger partial charge in [-0.1, -0.05) is 31.2 Å². The second-order valence-corrected chi connectivity index (χ2v) is 8.01. The molecule has 0 aliphatic carbocycles. The molecule has 2 heterocycles. The van der Waals surface area contributed by atoms with Crippen molar-refractivity contribution in [3.8, 4) is 0 Å². The molecule has 0 bridgehead atoms. The quantitative estimate of drug-likeness (QED) is 0.340. The Morgan fingerprint density at radius 3 is 2.61 bits per heavy atom. The average molecular weight is 500 g/mol. The fraction of sp³-hybridized carbons (Fsp3) is 0.682. The molecule has 3 rings (SSSR count). The van der Waals surface area contributed by atoms with Crippen LogP contribution in [0.3, 0.4) is 0 Å². The second-order valence-electron chi connectivity index (χ2n) is 8.01. The third kappa shape index (κ3) is 7.87. The maximum atomic E-state index is 5.68. The highest BCUT2D eigenvalue weighted by Crippen LogP contribution is 2.18. The van der Waals surface area contributed by atoms with Gasteiger partial charge in [0.25, 0.3) is 0 Å². The molecule has 1 aromatic rings. The van der Waals surface area contributed by atoms with E-state index in [-0.39, 0.29) is 24.0 Å². The summed E-state index contributed by atoms with van der Waals surface area (Å²) in [6, 6.07) is 8.96. The van der Waals surface area contributed by atoms with E-state index < -0.39 is 0 Å². The molecule has 2 N–H and O–H groups in total. The summed E-state index contributed by atoms with van der Waals surface area (Å²) in [5, 5.41) is 6.73. The lowest BCUT2D eigenvalue weighted by Gasteiger charge is -2.30. The number of nitrogens with zero attached hydrogens (tertiary/aromatic N) is 2. The molecule has 1 aromatic carbocycles. The minimum Gasteiger partial charge on any atom is -0.376 e. The van der Waals surface area contributed by atoms with Crippen LogP contribution < -0.4 is 10.6 Å². The molecular weight excluding hydrogens is 463 g/mol. The van der Waals surface area contributed by atoms with Gasteiger partial charge in [-0.05, 0) is 56.2 Å². The van der Waals surface area contributed by atoms with Crippen LogP contribution in [0.15, 0.2) is 29.3 Å². The van der Waals surface area contributed by atoms with Crippen molar-refractivity contribution in [1.29, 1.82) is 0 Å². The molecule has 2 fully saturated rings. The summed E-state index contributed by atoms with van der Waals surface area (Å²) in [6.45, 7) is 11.3. The van der Waals surface area contributed by atoms with Gasteiger partial charge in [0.05, 0.1) is 12.6 Å². The van der Waals surface area contributed by atoms with E-state index in [1.807, 2.05) is 0 Å². The van der Waals surface area contributed by atoms with Gasteiger partial charge in [-0.15, -0.1) is 24.0 Å². The van der Waals surface area contributed by atoms with Crippen LogP contribution in [-0.2, 0) is 17.8 Å². The Kier molecular flexibility index (Phi) is 10.6. The lowest BCUT2D eigenvalue weighted by molar-refractivity contribution is 0.114. The van der Waals surface area contributed by atoms with Crippen LogP contribution in [0.5, 0.6) is 0 Å². The van der Waals surface area contributed by atoms with Gasteiger partial charge in [-0.25, -0.2) is 4.99 Å². The SMILES string of the molecule is CCNC(=NCc1ccc(CN2CCCC(C)C2)cc1)NCC1CCCO1.I. The Bertz CT molecular complexity index is 587. The van der Waals surface area contributed by atoms with E-state index in [0.29, 0.717) is 12.6 Å². The third-order valence-electron chi connectivity index (χ3n) is 5.46. The van der Waals surface area contributed by atoms with Gasteiger partial charge >= 0.3 is 0 Å². The van der Waals surface area contributed by atoms with Gasteiger partial charge in [0, 0.05) is 32.8 Å². The lowest BCUT2D eigenvalue weighted by Crippen LogP contribution is -2.41. The Morgan fingerprint density at radius 1 is 1.14 bits per heavy atom. The van der Waals surface area contributed by atoms with Crippen LogP contribution in [0.25, 0.3) is 0 Å². The van der Waals surface area contributed by atoms with E-state index in [1.54, 1.807) is 0 Å². The zero-order valence-electron chi connectivity index (χ0n) is 17.5. The normalized spacial score (nSPS) is 23.3. The molecule has 6 heteroatoms. The van der Waals surface area contributed by atoms with Crippen molar-refractivity contribution in [3.05, 3.63) is 35.4 Å². The molecule has 158 valence electrons. The fourth-order valence-electron chi connectivity index (χ4n) is 3.97. The number of likely N-dealkylation sites (tertiary alicyclic amines) is 1. The number of guanidine groups is 1. The molecule has 2 saturated heterocycles. The highest BCUT2D eigenvalue weighted by atomic mass is 127. The van der Waals surface area contributed by atoms with Crippen molar-refractivity contribution < 1.29 is 4.74 Å². The van der Waals surface area contributed by atoms with Gasteiger partial charge in [-0.3, -0.25) is 4.90 Å². The number of halogens is 1. The van der Waals surface area contributed by atoms with Crippen LogP contribution >= 0.6 is 24.0 Å². The summed E-state index contributed by atoms with van der Waals surface area (Å²) in [5.41, 5.74) is 2.65. The van der Waals surface area contributed by atoms with E-state index in [2.05, 4.69) is 53.6 Å².